The summed E-state index contributed by atoms with van der Waals surface area (Å²) in [7, 11) is 0. The van der Waals surface area contributed by atoms with Crippen molar-refractivity contribution < 1.29 is 9.59 Å². The number of benzene rings is 1. The number of hydrogen-bond donors (Lipinski definition) is 3. The van der Waals surface area contributed by atoms with Crippen LogP contribution in [0.3, 0.4) is 0 Å². The maximum absolute atomic E-state index is 12.7. The lowest BCUT2D eigenvalue weighted by Crippen LogP contribution is -2.53. The maximum atomic E-state index is 12.7. The molecule has 2 aliphatic rings. The molecule has 2 amide bonds. The fraction of sp³-hybridized carbons (Fsp3) is 0.529. The largest absolute Gasteiger partial charge is 0.367 e. The predicted octanol–water partition coefficient (Wildman–Crippen LogP) is 1.55. The Morgan fingerprint density at radius 2 is 2.09 bits per heavy atom. The molecular weight excluding hydrogens is 314 g/mol. The summed E-state index contributed by atoms with van der Waals surface area (Å²) in [5.74, 6) is -0.705. The highest BCUT2D eigenvalue weighted by Gasteiger charge is 2.58. The molecular formula is C17H22ClN3O2. The van der Waals surface area contributed by atoms with Crippen LogP contribution in [0.1, 0.15) is 31.7 Å². The first-order chi connectivity index (χ1) is 10.9. The van der Waals surface area contributed by atoms with Crippen LogP contribution in [0, 0.1) is 11.3 Å². The topological polar surface area (TPSA) is 84.2 Å². The van der Waals surface area contributed by atoms with Gasteiger partial charge in [-0.25, -0.2) is 0 Å². The number of hydrogen-bond acceptors (Lipinski definition) is 3. The lowest BCUT2D eigenvalue weighted by atomic mass is 9.89. The lowest BCUT2D eigenvalue weighted by molar-refractivity contribution is -0.132. The van der Waals surface area contributed by atoms with Crippen molar-refractivity contribution in [2.75, 3.05) is 13.1 Å². The van der Waals surface area contributed by atoms with Crippen molar-refractivity contribution in [3.05, 3.63) is 34.9 Å². The van der Waals surface area contributed by atoms with Crippen LogP contribution in [0.4, 0.5) is 0 Å². The summed E-state index contributed by atoms with van der Waals surface area (Å²) in [6, 6.07) is 6.89. The number of piperidine rings is 1. The number of carbonyl (C=O) groups excluding carboxylic acids is 2. The zero-order valence-electron chi connectivity index (χ0n) is 13.2. The second-order valence-electron chi connectivity index (χ2n) is 6.86. The molecule has 23 heavy (non-hydrogen) atoms. The summed E-state index contributed by atoms with van der Waals surface area (Å²) in [6.07, 6.45) is 2.91. The summed E-state index contributed by atoms with van der Waals surface area (Å²) in [5.41, 5.74) is 5.05. The average Bonchev–Trinajstić information content (AvgIpc) is 3.21. The molecule has 2 fully saturated rings. The van der Waals surface area contributed by atoms with E-state index >= 15 is 0 Å². The molecule has 0 aromatic heterocycles. The molecule has 1 saturated heterocycles. The van der Waals surface area contributed by atoms with Gasteiger partial charge < -0.3 is 16.4 Å². The molecule has 1 saturated carbocycles. The number of amides is 2. The van der Waals surface area contributed by atoms with Gasteiger partial charge in [0.05, 0.1) is 0 Å². The number of halogens is 1. The third-order valence-corrected chi connectivity index (χ3v) is 5.61. The Balaban J connectivity index is 1.78. The second kappa shape index (κ2) is 5.80. The minimum atomic E-state index is -1.25. The van der Waals surface area contributed by atoms with E-state index in [9.17, 15) is 9.59 Å². The van der Waals surface area contributed by atoms with Crippen LogP contribution >= 0.6 is 11.6 Å². The third-order valence-electron chi connectivity index (χ3n) is 5.37. The smallest absolute Gasteiger partial charge is 0.247 e. The highest BCUT2D eigenvalue weighted by atomic mass is 35.5. The zero-order valence-corrected chi connectivity index (χ0v) is 14.0. The van der Waals surface area contributed by atoms with Gasteiger partial charge in [-0.3, -0.25) is 9.59 Å². The molecule has 1 aromatic carbocycles. The Hall–Kier alpha value is -1.59. The number of rotatable bonds is 4. The van der Waals surface area contributed by atoms with Crippen molar-refractivity contribution >= 4 is 23.4 Å². The quantitative estimate of drug-likeness (QED) is 0.780. The highest BCUT2D eigenvalue weighted by molar-refractivity contribution is 6.30. The van der Waals surface area contributed by atoms with Gasteiger partial charge in [-0.1, -0.05) is 23.7 Å². The fourth-order valence-electron chi connectivity index (χ4n) is 3.60. The van der Waals surface area contributed by atoms with Crippen molar-refractivity contribution in [3.8, 4) is 0 Å². The molecule has 1 heterocycles. The summed E-state index contributed by atoms with van der Waals surface area (Å²) in [4.78, 5) is 24.7. The van der Waals surface area contributed by atoms with E-state index < -0.39 is 11.4 Å². The molecule has 3 rings (SSSR count). The molecule has 0 bridgehead atoms. The zero-order chi connectivity index (χ0) is 16.7. The Morgan fingerprint density at radius 3 is 2.70 bits per heavy atom. The molecule has 0 radical (unpaired) electrons. The molecule has 1 aliphatic heterocycles. The molecule has 2 atom stereocenters. The number of carbonyl (C=O) groups is 2. The van der Waals surface area contributed by atoms with Crippen molar-refractivity contribution in [1.82, 2.24) is 10.6 Å². The van der Waals surface area contributed by atoms with Gasteiger partial charge in [-0.2, -0.15) is 0 Å². The van der Waals surface area contributed by atoms with Crippen molar-refractivity contribution in [1.29, 1.82) is 0 Å². The van der Waals surface area contributed by atoms with Gasteiger partial charge in [0.15, 0.2) is 0 Å². The van der Waals surface area contributed by atoms with E-state index in [2.05, 4.69) is 10.6 Å². The van der Waals surface area contributed by atoms with Crippen LogP contribution in [-0.2, 0) is 15.1 Å². The van der Waals surface area contributed by atoms with Gasteiger partial charge in [0, 0.05) is 10.9 Å². The second-order valence-corrected chi connectivity index (χ2v) is 7.29. The fourth-order valence-corrected chi connectivity index (χ4v) is 3.79. The van der Waals surface area contributed by atoms with Crippen LogP contribution in [0.25, 0.3) is 0 Å². The number of primary amides is 1. The summed E-state index contributed by atoms with van der Waals surface area (Å²) >= 11 is 6.01. The first-order valence-electron chi connectivity index (χ1n) is 7.96. The first-order valence-corrected chi connectivity index (χ1v) is 8.34. The van der Waals surface area contributed by atoms with Gasteiger partial charge in [0.25, 0.3) is 0 Å². The third kappa shape index (κ3) is 2.95. The van der Waals surface area contributed by atoms with Gasteiger partial charge in [0.1, 0.15) is 5.54 Å². The van der Waals surface area contributed by atoms with Crippen LogP contribution < -0.4 is 16.4 Å². The molecule has 1 spiro atoms. The van der Waals surface area contributed by atoms with Crippen molar-refractivity contribution in [2.24, 2.45) is 17.1 Å². The van der Waals surface area contributed by atoms with E-state index in [4.69, 9.17) is 17.3 Å². The molecule has 1 aromatic rings. The van der Waals surface area contributed by atoms with Crippen molar-refractivity contribution in [3.63, 3.8) is 0 Å². The van der Waals surface area contributed by atoms with E-state index in [1.165, 1.54) is 0 Å². The maximum Gasteiger partial charge on any atom is 0.247 e. The molecule has 2 unspecified atom stereocenters. The summed E-state index contributed by atoms with van der Waals surface area (Å²) in [5, 5.41) is 6.70. The highest BCUT2D eigenvalue weighted by Crippen LogP contribution is 2.58. The normalized spacial score (nSPS) is 24.7. The van der Waals surface area contributed by atoms with E-state index in [1.807, 2.05) is 0 Å². The Labute approximate surface area is 141 Å². The van der Waals surface area contributed by atoms with Crippen LogP contribution in [0.15, 0.2) is 24.3 Å². The number of nitrogens with two attached hydrogens (primary N) is 1. The van der Waals surface area contributed by atoms with Crippen LogP contribution in [0.5, 0.6) is 0 Å². The predicted molar refractivity (Wildman–Crippen MR) is 88.8 cm³/mol. The first kappa shape index (κ1) is 16.3. The molecule has 124 valence electrons. The van der Waals surface area contributed by atoms with E-state index in [0.29, 0.717) is 10.6 Å². The van der Waals surface area contributed by atoms with Crippen LogP contribution in [-0.4, -0.2) is 24.9 Å². The Kier molecular flexibility index (Phi) is 4.10. The van der Waals surface area contributed by atoms with Crippen molar-refractivity contribution in [2.45, 2.75) is 31.7 Å². The Morgan fingerprint density at radius 1 is 1.39 bits per heavy atom. The Bertz CT molecular complexity index is 642. The molecule has 4 N–H and O–H groups in total. The standard InChI is InChI=1S/C17H22ClN3O2/c1-16(15(19)23,11-3-2-4-12(18)9-11)21-14(22)13-10-17(13)5-7-20-8-6-17/h2-4,9,13,20H,5-8,10H2,1H3,(H2,19,23)(H,21,22). The SMILES string of the molecule is CC(NC(=O)C1CC12CCNCC2)(C(N)=O)c1cccc(Cl)c1. The molecule has 5 nitrogen and oxygen atoms in total. The number of nitrogens with one attached hydrogen (secondary N) is 2. The van der Waals surface area contributed by atoms with E-state index in [0.717, 1.165) is 32.4 Å². The van der Waals surface area contributed by atoms with Gasteiger partial charge in [-0.15, -0.1) is 0 Å². The monoisotopic (exact) mass is 335 g/mol. The van der Waals surface area contributed by atoms with Gasteiger partial charge >= 0.3 is 0 Å². The minimum Gasteiger partial charge on any atom is -0.367 e. The summed E-state index contributed by atoms with van der Waals surface area (Å²) in [6.45, 7) is 3.53. The van der Waals surface area contributed by atoms with E-state index in [1.54, 1.807) is 31.2 Å². The lowest BCUT2D eigenvalue weighted by Gasteiger charge is -2.29. The molecule has 6 heteroatoms. The van der Waals surface area contributed by atoms with Crippen LogP contribution in [0.2, 0.25) is 5.02 Å². The van der Waals surface area contributed by atoms with Gasteiger partial charge in [0.2, 0.25) is 11.8 Å². The minimum absolute atomic E-state index is 0.0255. The van der Waals surface area contributed by atoms with E-state index in [-0.39, 0.29) is 17.2 Å². The summed E-state index contributed by atoms with van der Waals surface area (Å²) < 4.78 is 0. The molecule has 1 aliphatic carbocycles. The average molecular weight is 336 g/mol. The van der Waals surface area contributed by atoms with Gasteiger partial charge in [-0.05, 0) is 62.4 Å².